The van der Waals surface area contributed by atoms with Crippen molar-refractivity contribution in [3.63, 3.8) is 0 Å². The molecular formula is C11H21NO2. The third-order valence-electron chi connectivity index (χ3n) is 2.36. The van der Waals surface area contributed by atoms with Gasteiger partial charge < -0.3 is 14.4 Å². The molecule has 0 aromatic carbocycles. The number of nitrogens with zero attached hydrogens (tertiary/aromatic N) is 1. The normalized spacial score (nSPS) is 22.6. The van der Waals surface area contributed by atoms with E-state index in [-0.39, 0.29) is 6.29 Å². The lowest BCUT2D eigenvalue weighted by Gasteiger charge is -2.23. The molecule has 1 unspecified atom stereocenters. The first-order valence-corrected chi connectivity index (χ1v) is 5.35. The van der Waals surface area contributed by atoms with Gasteiger partial charge in [0.1, 0.15) is 0 Å². The Balaban J connectivity index is 1.99. The van der Waals surface area contributed by atoms with Gasteiger partial charge in [0.25, 0.3) is 0 Å². The third-order valence-corrected chi connectivity index (χ3v) is 2.36. The van der Waals surface area contributed by atoms with Crippen LogP contribution in [0.3, 0.4) is 0 Å². The molecule has 0 aromatic heterocycles. The van der Waals surface area contributed by atoms with Crippen LogP contribution in [0, 0.1) is 0 Å². The van der Waals surface area contributed by atoms with Gasteiger partial charge in [-0.3, -0.25) is 0 Å². The van der Waals surface area contributed by atoms with Crippen LogP contribution in [0.25, 0.3) is 0 Å². The summed E-state index contributed by atoms with van der Waals surface area (Å²) in [4.78, 5) is 2.18. The standard InChI is InChI=1S/C11H21NO2/c1-3-7-12(2)8-10-14-11-6-4-5-9-13-11/h3,11H,1,4-10H2,2H3. The van der Waals surface area contributed by atoms with E-state index in [0.717, 1.165) is 32.7 Å². The Labute approximate surface area is 86.7 Å². The van der Waals surface area contributed by atoms with E-state index in [4.69, 9.17) is 9.47 Å². The molecule has 1 rings (SSSR count). The summed E-state index contributed by atoms with van der Waals surface area (Å²) in [6, 6.07) is 0. The maximum absolute atomic E-state index is 5.60. The third kappa shape index (κ3) is 4.74. The number of rotatable bonds is 6. The zero-order valence-corrected chi connectivity index (χ0v) is 9.08. The Bertz CT molecular complexity index is 155. The largest absolute Gasteiger partial charge is 0.353 e. The van der Waals surface area contributed by atoms with Crippen LogP contribution in [0.1, 0.15) is 19.3 Å². The zero-order chi connectivity index (χ0) is 10.2. The SMILES string of the molecule is C=CCN(C)CCOC1CCCCO1. The van der Waals surface area contributed by atoms with Crippen LogP contribution in [0.4, 0.5) is 0 Å². The molecule has 3 heteroatoms. The molecule has 1 heterocycles. The van der Waals surface area contributed by atoms with Crippen LogP contribution in [0.15, 0.2) is 12.7 Å². The summed E-state index contributed by atoms with van der Waals surface area (Å²) in [7, 11) is 2.06. The number of ether oxygens (including phenoxy) is 2. The highest BCUT2D eigenvalue weighted by Crippen LogP contribution is 2.13. The molecule has 82 valence electrons. The van der Waals surface area contributed by atoms with Crippen LogP contribution in [0.2, 0.25) is 0 Å². The number of likely N-dealkylation sites (N-methyl/N-ethyl adjacent to an activating group) is 1. The number of hydrogen-bond acceptors (Lipinski definition) is 3. The minimum absolute atomic E-state index is 0.0425. The first-order chi connectivity index (χ1) is 6.83. The molecule has 1 aliphatic heterocycles. The lowest BCUT2D eigenvalue weighted by atomic mass is 10.2. The van der Waals surface area contributed by atoms with Gasteiger partial charge in [0.05, 0.1) is 6.61 Å². The van der Waals surface area contributed by atoms with Crippen LogP contribution in [-0.4, -0.2) is 44.5 Å². The lowest BCUT2D eigenvalue weighted by Crippen LogP contribution is -2.28. The molecule has 0 radical (unpaired) electrons. The molecule has 1 aliphatic rings. The summed E-state index contributed by atoms with van der Waals surface area (Å²) in [5.74, 6) is 0. The molecule has 1 fully saturated rings. The molecule has 1 saturated heterocycles. The smallest absolute Gasteiger partial charge is 0.157 e. The fourth-order valence-electron chi connectivity index (χ4n) is 1.49. The van der Waals surface area contributed by atoms with E-state index < -0.39 is 0 Å². The second-order valence-electron chi connectivity index (χ2n) is 3.72. The summed E-state index contributed by atoms with van der Waals surface area (Å²) < 4.78 is 11.1. The Kier molecular flexibility index (Phi) is 5.83. The van der Waals surface area contributed by atoms with Crippen molar-refractivity contribution in [3.05, 3.63) is 12.7 Å². The number of hydrogen-bond donors (Lipinski definition) is 0. The predicted molar refractivity (Wildman–Crippen MR) is 57.2 cm³/mol. The molecule has 14 heavy (non-hydrogen) atoms. The molecule has 0 aromatic rings. The van der Waals surface area contributed by atoms with Crippen LogP contribution < -0.4 is 0 Å². The molecule has 0 N–H and O–H groups in total. The van der Waals surface area contributed by atoms with E-state index in [0.29, 0.717) is 0 Å². The van der Waals surface area contributed by atoms with Crippen molar-refractivity contribution >= 4 is 0 Å². The zero-order valence-electron chi connectivity index (χ0n) is 9.08. The average Bonchev–Trinajstić information content (AvgIpc) is 2.20. The van der Waals surface area contributed by atoms with Gasteiger partial charge in [-0.15, -0.1) is 6.58 Å². The lowest BCUT2D eigenvalue weighted by molar-refractivity contribution is -0.163. The van der Waals surface area contributed by atoms with E-state index in [2.05, 4.69) is 18.5 Å². The molecule has 0 saturated carbocycles. The van der Waals surface area contributed by atoms with Crippen molar-refractivity contribution in [1.82, 2.24) is 4.90 Å². The first-order valence-electron chi connectivity index (χ1n) is 5.35. The van der Waals surface area contributed by atoms with E-state index in [1.807, 2.05) is 6.08 Å². The van der Waals surface area contributed by atoms with Crippen molar-refractivity contribution in [2.75, 3.05) is 33.4 Å². The minimum atomic E-state index is 0.0425. The summed E-state index contributed by atoms with van der Waals surface area (Å²) in [5.41, 5.74) is 0. The van der Waals surface area contributed by atoms with Gasteiger partial charge in [-0.1, -0.05) is 6.08 Å². The van der Waals surface area contributed by atoms with Gasteiger partial charge in [-0.2, -0.15) is 0 Å². The van der Waals surface area contributed by atoms with Crippen molar-refractivity contribution < 1.29 is 9.47 Å². The highest BCUT2D eigenvalue weighted by Gasteiger charge is 2.13. The van der Waals surface area contributed by atoms with Gasteiger partial charge in [-0.25, -0.2) is 0 Å². The second kappa shape index (κ2) is 6.98. The minimum Gasteiger partial charge on any atom is -0.353 e. The van der Waals surface area contributed by atoms with E-state index in [9.17, 15) is 0 Å². The molecule has 1 atom stereocenters. The summed E-state index contributed by atoms with van der Waals surface area (Å²) in [6.07, 6.45) is 5.40. The summed E-state index contributed by atoms with van der Waals surface area (Å²) in [6.45, 7) is 7.14. The van der Waals surface area contributed by atoms with E-state index in [1.54, 1.807) is 0 Å². The topological polar surface area (TPSA) is 21.7 Å². The fourth-order valence-corrected chi connectivity index (χ4v) is 1.49. The summed E-state index contributed by atoms with van der Waals surface area (Å²) in [5, 5.41) is 0. The molecule has 0 aliphatic carbocycles. The predicted octanol–water partition coefficient (Wildman–Crippen LogP) is 1.65. The fraction of sp³-hybridized carbons (Fsp3) is 0.818. The van der Waals surface area contributed by atoms with Crippen molar-refractivity contribution in [2.45, 2.75) is 25.6 Å². The van der Waals surface area contributed by atoms with Crippen LogP contribution in [-0.2, 0) is 9.47 Å². The van der Waals surface area contributed by atoms with E-state index >= 15 is 0 Å². The van der Waals surface area contributed by atoms with Crippen LogP contribution >= 0.6 is 0 Å². The quantitative estimate of drug-likeness (QED) is 0.607. The molecule has 0 spiro atoms. The van der Waals surface area contributed by atoms with Crippen molar-refractivity contribution in [3.8, 4) is 0 Å². The van der Waals surface area contributed by atoms with Crippen molar-refractivity contribution in [2.24, 2.45) is 0 Å². The maximum Gasteiger partial charge on any atom is 0.157 e. The Morgan fingerprint density at radius 2 is 2.43 bits per heavy atom. The van der Waals surface area contributed by atoms with Gasteiger partial charge >= 0.3 is 0 Å². The van der Waals surface area contributed by atoms with Crippen molar-refractivity contribution in [1.29, 1.82) is 0 Å². The maximum atomic E-state index is 5.60. The van der Waals surface area contributed by atoms with E-state index in [1.165, 1.54) is 12.8 Å². The van der Waals surface area contributed by atoms with Gasteiger partial charge in [0.15, 0.2) is 6.29 Å². The molecule has 3 nitrogen and oxygen atoms in total. The second-order valence-corrected chi connectivity index (χ2v) is 3.72. The Hall–Kier alpha value is -0.380. The molecule has 0 bridgehead atoms. The van der Waals surface area contributed by atoms with Gasteiger partial charge in [0.2, 0.25) is 0 Å². The first kappa shape index (κ1) is 11.7. The Morgan fingerprint density at radius 1 is 1.57 bits per heavy atom. The Morgan fingerprint density at radius 3 is 3.07 bits per heavy atom. The monoisotopic (exact) mass is 199 g/mol. The van der Waals surface area contributed by atoms with Gasteiger partial charge in [-0.05, 0) is 26.3 Å². The average molecular weight is 199 g/mol. The molecule has 0 amide bonds. The van der Waals surface area contributed by atoms with Crippen LogP contribution in [0.5, 0.6) is 0 Å². The summed E-state index contributed by atoms with van der Waals surface area (Å²) >= 11 is 0. The highest BCUT2D eigenvalue weighted by molar-refractivity contribution is 4.70. The molecular weight excluding hydrogens is 178 g/mol. The highest BCUT2D eigenvalue weighted by atomic mass is 16.7. The van der Waals surface area contributed by atoms with Gasteiger partial charge in [0, 0.05) is 19.7 Å².